The number of furan rings is 1. The molecule has 0 aliphatic rings. The molecule has 0 aliphatic carbocycles. The summed E-state index contributed by atoms with van der Waals surface area (Å²) in [5.41, 5.74) is 5.00. The first-order valence-electron chi connectivity index (χ1n) is 17.1. The largest absolute Gasteiger partial charge is 0.456 e. The van der Waals surface area contributed by atoms with E-state index in [4.69, 9.17) is 21.2 Å². The van der Waals surface area contributed by atoms with Crippen LogP contribution in [-0.4, -0.2) is 15.0 Å². The molecule has 0 saturated heterocycles. The van der Waals surface area contributed by atoms with E-state index in [1.54, 1.807) is 0 Å². The molecule has 9 rings (SSSR count). The van der Waals surface area contributed by atoms with Gasteiger partial charge in [-0.05, 0) is 56.9 Å². The fourth-order valence-electron chi connectivity index (χ4n) is 6.15. The molecule has 0 saturated carbocycles. The van der Waals surface area contributed by atoms with Gasteiger partial charge >= 0.3 is 0 Å². The van der Waals surface area contributed by atoms with Crippen molar-refractivity contribution in [2.24, 2.45) is 0 Å². The Kier molecular flexibility index (Phi) is 4.72. The normalized spacial score (nSPS) is 13.1. The van der Waals surface area contributed by atoms with Crippen LogP contribution in [0.1, 0.15) is 6.85 Å². The van der Waals surface area contributed by atoms with E-state index in [1.807, 2.05) is 78.9 Å². The van der Waals surface area contributed by atoms with Gasteiger partial charge in [0, 0.05) is 27.5 Å². The Bertz CT molecular complexity index is 2810. The number of aromatic nitrogens is 3. The van der Waals surface area contributed by atoms with E-state index in [2.05, 4.69) is 47.4 Å². The maximum absolute atomic E-state index is 8.65. The van der Waals surface area contributed by atoms with Crippen molar-refractivity contribution in [2.45, 2.75) is 0 Å². The molecule has 210 valence electrons. The van der Waals surface area contributed by atoms with Gasteiger partial charge in [0.25, 0.3) is 0 Å². The van der Waals surface area contributed by atoms with Crippen LogP contribution in [0.3, 0.4) is 0 Å². The monoisotopic (exact) mass is 580 g/mol. The third-order valence-corrected chi connectivity index (χ3v) is 8.21. The van der Waals surface area contributed by atoms with Crippen LogP contribution in [0.2, 0.25) is 0 Å². The average molecular weight is 581 g/mol. The molecule has 0 N–H and O–H groups in total. The van der Waals surface area contributed by atoms with Crippen molar-refractivity contribution < 1.29 is 11.3 Å². The summed E-state index contributed by atoms with van der Waals surface area (Å²) in [6, 6.07) is 38.0. The first-order valence-corrected chi connectivity index (χ1v) is 14.6. The van der Waals surface area contributed by atoms with Crippen molar-refractivity contribution in [3.05, 3.63) is 152 Å². The average Bonchev–Trinajstić information content (AvgIpc) is 3.53. The summed E-state index contributed by atoms with van der Waals surface area (Å²) in [6.45, 7) is 0. The van der Waals surface area contributed by atoms with E-state index in [0.29, 0.717) is 22.8 Å². The number of hydrogen-bond donors (Lipinski definition) is 0. The predicted molar refractivity (Wildman–Crippen MR) is 184 cm³/mol. The van der Waals surface area contributed by atoms with Crippen molar-refractivity contribution in [3.63, 3.8) is 0 Å². The van der Waals surface area contributed by atoms with Crippen LogP contribution in [0.25, 0.3) is 88.8 Å². The molecule has 9 aromatic rings. The molecular weight excluding hydrogens is 550 g/mol. The summed E-state index contributed by atoms with van der Waals surface area (Å²) < 4.78 is 48.4. The zero-order valence-electron chi connectivity index (χ0n) is 28.8. The van der Waals surface area contributed by atoms with Crippen molar-refractivity contribution in [3.8, 4) is 45.3 Å². The molecule has 0 unspecified atom stereocenters. The highest BCUT2D eigenvalue weighted by molar-refractivity contribution is 6.18. The van der Waals surface area contributed by atoms with Gasteiger partial charge in [0.15, 0.2) is 17.5 Å². The smallest absolute Gasteiger partial charge is 0.164 e. The van der Waals surface area contributed by atoms with E-state index in [-0.39, 0.29) is 23.5 Å². The number of nitrogens with zero attached hydrogens (tertiary/aromatic N) is 3. The lowest BCUT2D eigenvalue weighted by Gasteiger charge is -2.13. The van der Waals surface area contributed by atoms with E-state index in [9.17, 15) is 0 Å². The number of rotatable bonds is 4. The van der Waals surface area contributed by atoms with Gasteiger partial charge in [0.2, 0.25) is 0 Å². The third kappa shape index (κ3) is 4.27. The van der Waals surface area contributed by atoms with Crippen LogP contribution in [0.15, 0.2) is 156 Å². The molecule has 4 heteroatoms. The van der Waals surface area contributed by atoms with Crippen LogP contribution in [-0.2, 0) is 0 Å². The van der Waals surface area contributed by atoms with Crippen molar-refractivity contribution in [2.75, 3.05) is 0 Å². The Balaban J connectivity index is 1.29. The predicted octanol–water partition coefficient (Wildman–Crippen LogP) is 10.7. The van der Waals surface area contributed by atoms with Gasteiger partial charge in [-0.15, -0.1) is 0 Å². The maximum atomic E-state index is 8.65. The molecule has 0 radical (unpaired) electrons. The Morgan fingerprint density at radius 1 is 0.444 bits per heavy atom. The van der Waals surface area contributed by atoms with Gasteiger partial charge in [0.1, 0.15) is 11.2 Å². The minimum absolute atomic E-state index is 0.000807. The molecule has 0 amide bonds. The second-order valence-corrected chi connectivity index (χ2v) is 10.9. The van der Waals surface area contributed by atoms with Crippen molar-refractivity contribution >= 4 is 43.5 Å². The van der Waals surface area contributed by atoms with Gasteiger partial charge in [-0.2, -0.15) is 0 Å². The van der Waals surface area contributed by atoms with E-state index >= 15 is 0 Å². The van der Waals surface area contributed by atoms with Crippen LogP contribution >= 0.6 is 0 Å². The lowest BCUT2D eigenvalue weighted by molar-refractivity contribution is 0.669. The number of hydrogen-bond acceptors (Lipinski definition) is 4. The molecule has 0 atom stereocenters. The Hall–Kier alpha value is -6.13. The summed E-state index contributed by atoms with van der Waals surface area (Å²) in [7, 11) is 0. The van der Waals surface area contributed by atoms with Crippen LogP contribution in [0.4, 0.5) is 0 Å². The zero-order chi connectivity index (χ0) is 34.1. The van der Waals surface area contributed by atoms with Crippen LogP contribution in [0, 0.1) is 0 Å². The van der Waals surface area contributed by atoms with Crippen molar-refractivity contribution in [1.29, 1.82) is 0 Å². The Morgan fingerprint density at radius 2 is 1.09 bits per heavy atom. The zero-order valence-corrected chi connectivity index (χ0v) is 23.8. The highest BCUT2D eigenvalue weighted by atomic mass is 16.3. The summed E-state index contributed by atoms with van der Waals surface area (Å²) in [5, 5.41) is 6.18. The minimum Gasteiger partial charge on any atom is -0.456 e. The molecule has 4 nitrogen and oxygen atoms in total. The van der Waals surface area contributed by atoms with Crippen LogP contribution < -0.4 is 0 Å². The molecule has 0 fully saturated rings. The standard InChI is InChI=1S/C41H25N3O/c1-3-12-26(13-4-1)39-42-40(27-14-5-2-6-15-27)44-41(43-39)34-23-22-32(30-18-9-10-19-31(30)34)33-20-11-21-36-38(33)35-24-28-16-7-8-17-29(28)25-37(35)45-36/h1-25H/i1D,3D,4D,12D,13D. The lowest BCUT2D eigenvalue weighted by Crippen LogP contribution is -2.00. The number of fused-ring (bicyclic) bond motifs is 5. The summed E-state index contributed by atoms with van der Waals surface area (Å²) in [5.74, 6) is 0.648. The summed E-state index contributed by atoms with van der Waals surface area (Å²) >= 11 is 0. The van der Waals surface area contributed by atoms with E-state index in [1.165, 1.54) is 0 Å². The fraction of sp³-hybridized carbons (Fsp3) is 0. The molecule has 0 spiro atoms. The molecule has 7 aromatic carbocycles. The second-order valence-electron chi connectivity index (χ2n) is 10.9. The van der Waals surface area contributed by atoms with E-state index in [0.717, 1.165) is 54.6 Å². The van der Waals surface area contributed by atoms with Crippen LogP contribution in [0.5, 0.6) is 0 Å². The minimum atomic E-state index is -0.475. The van der Waals surface area contributed by atoms with Gasteiger partial charge in [-0.25, -0.2) is 15.0 Å². The second kappa shape index (κ2) is 10.2. The van der Waals surface area contributed by atoms with Crippen molar-refractivity contribution in [1.82, 2.24) is 15.0 Å². The highest BCUT2D eigenvalue weighted by Gasteiger charge is 2.18. The quantitative estimate of drug-likeness (QED) is 0.208. The molecule has 0 bridgehead atoms. The first-order chi connectivity index (χ1) is 24.4. The fourth-order valence-corrected chi connectivity index (χ4v) is 6.15. The molecule has 45 heavy (non-hydrogen) atoms. The molecular formula is C41H25N3O. The van der Waals surface area contributed by atoms with Gasteiger partial charge in [-0.3, -0.25) is 0 Å². The molecule has 0 aliphatic heterocycles. The summed E-state index contributed by atoms with van der Waals surface area (Å²) in [6.07, 6.45) is 0. The maximum Gasteiger partial charge on any atom is 0.164 e. The Labute approximate surface area is 266 Å². The van der Waals surface area contributed by atoms with Gasteiger partial charge < -0.3 is 4.42 Å². The van der Waals surface area contributed by atoms with Gasteiger partial charge in [0.05, 0.1) is 6.85 Å². The molecule has 2 heterocycles. The van der Waals surface area contributed by atoms with E-state index < -0.39 is 18.1 Å². The van der Waals surface area contributed by atoms with Gasteiger partial charge in [-0.1, -0.05) is 127 Å². The summed E-state index contributed by atoms with van der Waals surface area (Å²) in [4.78, 5) is 14.3. The molecule has 2 aromatic heterocycles. The lowest BCUT2D eigenvalue weighted by atomic mass is 9.92. The SMILES string of the molecule is [2H]c1c([2H])c([2H])c(-c2nc(-c3ccccc3)nc(-c3ccc(-c4cccc5oc6cc7ccccc7cc6c45)c4ccccc34)n2)c([2H])c1[2H]. The Morgan fingerprint density at radius 3 is 1.89 bits per heavy atom. The third-order valence-electron chi connectivity index (χ3n) is 8.21. The number of benzene rings is 7. The highest BCUT2D eigenvalue weighted by Crippen LogP contribution is 2.42. The topological polar surface area (TPSA) is 51.8 Å². The first kappa shape index (κ1) is 20.7.